The third kappa shape index (κ3) is 33.6. The molecule has 0 saturated carbocycles. The van der Waals surface area contributed by atoms with Gasteiger partial charge in [-0.15, -0.1) is 34.4 Å². The predicted octanol–water partition coefficient (Wildman–Crippen LogP) is 9.34. The van der Waals surface area contributed by atoms with Crippen molar-refractivity contribution in [1.29, 1.82) is 5.41 Å². The molecular weight excluding hydrogens is 2020 g/mol. The van der Waals surface area contributed by atoms with Crippen molar-refractivity contribution in [1.82, 2.24) is 50.6 Å². The largest absolute Gasteiger partial charge is 1.00 e. The molecule has 0 spiro atoms. The third-order valence-electron chi connectivity index (χ3n) is 14.7. The van der Waals surface area contributed by atoms with Gasteiger partial charge in [-0.25, -0.2) is 9.36 Å². The van der Waals surface area contributed by atoms with Gasteiger partial charge < -0.3 is 50.8 Å². The van der Waals surface area contributed by atoms with Crippen LogP contribution in [0.1, 0.15) is 130 Å². The second kappa shape index (κ2) is 47.6. The van der Waals surface area contributed by atoms with Gasteiger partial charge in [0.1, 0.15) is 68.0 Å². The first-order valence-electron chi connectivity index (χ1n) is 31.6. The standard InChI is InChI=1S/2C17H19BrF2N4O2S.2C12H11Br2F2N3O.C6H11N3OS.CH2O3.ClH.2K.H/c2*1-16(2)8-14(22-26-16)27-10-13-15(17(18,19)20)21-23-24(13)9-11-4-6-12(25-3)7-5-11;2*1-20-9-4-2-8(3-5-9)7-19-10(6-13)11(17-18-19)12(14,15)16;1-6(2)3-4(9-10-6)11-5(7)8;2-1-4-3;;;;/h2*4-7H,8-10H2,1-3H3;2*2-5H,6-7H2,1H3;3H2,1-2H3,(H3,7,8);1,3H;1H;;;/q;;;;;;;2*+1;-1/p+1. The Kier molecular flexibility index (Phi) is 43.8. The third-order valence-corrected chi connectivity index (χ3v) is 19.9. The number of rotatable bonds is 23. The van der Waals surface area contributed by atoms with Crippen LogP contribution in [-0.4, -0.2) is 123 Å². The van der Waals surface area contributed by atoms with Crippen LogP contribution in [0.4, 0.5) is 35.1 Å². The second-order valence-corrected chi connectivity index (χ2v) is 33.0. The molecule has 0 radical (unpaired) electrons. The fourth-order valence-corrected chi connectivity index (χ4v) is 14.8. The number of benzene rings is 4. The van der Waals surface area contributed by atoms with Gasteiger partial charge in [0.15, 0.2) is 27.9 Å². The molecule has 4 aromatic heterocycles. The number of aromatic amines is 2. The maximum absolute atomic E-state index is 13.9. The van der Waals surface area contributed by atoms with Gasteiger partial charge in [-0.1, -0.05) is 128 Å². The Bertz CT molecular complexity index is 4120. The number of halogens is 15. The number of amidine groups is 1. The van der Waals surface area contributed by atoms with Crippen LogP contribution in [0.15, 0.2) is 113 Å². The van der Waals surface area contributed by atoms with E-state index >= 15 is 0 Å². The summed E-state index contributed by atoms with van der Waals surface area (Å²) in [4.78, 5) is 14.2. The van der Waals surface area contributed by atoms with E-state index in [1.807, 2.05) is 126 Å². The van der Waals surface area contributed by atoms with Crippen molar-refractivity contribution >= 4 is 170 Å². The van der Waals surface area contributed by atoms with Crippen molar-refractivity contribution in [3.05, 3.63) is 165 Å². The molecule has 7 heterocycles. The number of carbonyl (C=O) groups is 1. The van der Waals surface area contributed by atoms with Crippen molar-refractivity contribution in [3.63, 3.8) is 0 Å². The minimum atomic E-state index is -3.26. The molecule has 0 atom stereocenters. The monoisotopic (exact) mass is 2090 g/mol. The first kappa shape index (κ1) is 103. The van der Waals surface area contributed by atoms with Gasteiger partial charge in [-0.3, -0.25) is 10.2 Å². The molecule has 3 aliphatic heterocycles. The molecule has 27 nitrogen and oxygen atoms in total. The van der Waals surface area contributed by atoms with Crippen LogP contribution >= 0.6 is 143 Å². The number of carbonyl (C=O) groups excluding carboxylic acids is 1. The summed E-state index contributed by atoms with van der Waals surface area (Å²) in [6, 6.07) is 29.5. The Morgan fingerprint density at radius 2 is 0.866 bits per heavy atom. The summed E-state index contributed by atoms with van der Waals surface area (Å²) in [7, 11) is 6.35. The zero-order valence-electron chi connectivity index (χ0n) is 63.0. The molecule has 3 aliphatic rings. The van der Waals surface area contributed by atoms with Crippen molar-refractivity contribution in [2.45, 2.75) is 145 Å². The number of methoxy groups -OCH3 is 4. The van der Waals surface area contributed by atoms with E-state index in [1.165, 1.54) is 32.9 Å². The number of nitrogens with two attached hydrogens (primary N) is 1. The SMILES string of the molecule is CC1(C)CC(SC(=N)N)=NO1.COc1ccc(C[n+]2[nH]nc(C(F)(F)Br)c2CBr)cc1.COc1ccc(C[n+]2[nH]nc(C(F)(F)Br)c2CSC2=NOC(C)(C)C2)cc1.COc1ccc(Cn2nnc(C(F)(F)Br)c2CBr)cc1.COc1ccc(Cn2nnc(C(F)(F)Br)c2CSC2=NOC(C)(C)C2)cc1.Cl.O=CO[O-].[H-].[K+].[K+]. The van der Waals surface area contributed by atoms with Gasteiger partial charge in [0.2, 0.25) is 0 Å². The summed E-state index contributed by atoms with van der Waals surface area (Å²) in [6.45, 7) is 12.9. The maximum atomic E-state index is 13.9. The normalized spacial score (nSPS) is 14.2. The average Bonchev–Trinajstić information content (AvgIpc) is 1.68. The molecule has 47 heteroatoms. The summed E-state index contributed by atoms with van der Waals surface area (Å²) >= 11 is 19.7. The van der Waals surface area contributed by atoms with E-state index < -0.39 is 19.3 Å². The van der Waals surface area contributed by atoms with E-state index in [0.717, 1.165) is 78.6 Å². The number of aromatic nitrogens is 12. The van der Waals surface area contributed by atoms with Crippen LogP contribution in [0, 0.1) is 5.41 Å². The van der Waals surface area contributed by atoms with E-state index in [1.54, 1.807) is 49.9 Å². The van der Waals surface area contributed by atoms with Crippen molar-refractivity contribution in [2.75, 3.05) is 28.4 Å². The Labute approximate surface area is 795 Å². The number of hydrogen-bond donors (Lipinski definition) is 4. The molecule has 0 saturated heterocycles. The Morgan fingerprint density at radius 1 is 0.554 bits per heavy atom. The van der Waals surface area contributed by atoms with E-state index in [-0.39, 0.29) is 184 Å². The molecule has 8 aromatic rings. The van der Waals surface area contributed by atoms with Gasteiger partial charge in [-0.05, 0) is 156 Å². The molecule has 5 N–H and O–H groups in total. The van der Waals surface area contributed by atoms with Gasteiger partial charge >= 0.3 is 133 Å². The number of alkyl halides is 14. The Morgan fingerprint density at radius 3 is 1.17 bits per heavy atom. The second-order valence-electron chi connectivity index (χ2n) is 24.7. The van der Waals surface area contributed by atoms with Crippen LogP contribution < -0.4 is 142 Å². The molecule has 112 heavy (non-hydrogen) atoms. The van der Waals surface area contributed by atoms with Crippen LogP contribution in [0.2, 0.25) is 0 Å². The molecule has 0 aliphatic carbocycles. The fourth-order valence-electron chi connectivity index (χ4n) is 9.44. The summed E-state index contributed by atoms with van der Waals surface area (Å²) in [5, 5.41) is 57.9. The molecule has 604 valence electrons. The van der Waals surface area contributed by atoms with Crippen LogP contribution in [0.5, 0.6) is 23.0 Å². The number of nitrogens with one attached hydrogen (secondary N) is 3. The molecule has 11 rings (SSSR count). The Hall–Kier alpha value is -3.12. The maximum Gasteiger partial charge on any atom is 1.00 e. The van der Waals surface area contributed by atoms with Crippen molar-refractivity contribution in [2.24, 2.45) is 21.2 Å². The average molecular weight is 2100 g/mol. The number of oxime groups is 3. The van der Waals surface area contributed by atoms with E-state index in [4.69, 9.17) is 54.7 Å². The first-order valence-corrected chi connectivity index (χ1v) is 39.8. The zero-order valence-corrected chi connectivity index (χ0v) is 81.0. The smallest absolute Gasteiger partial charge is 1.00 e. The molecule has 0 unspecified atom stereocenters. The van der Waals surface area contributed by atoms with Gasteiger partial charge in [-0.2, -0.15) is 44.5 Å². The van der Waals surface area contributed by atoms with Crippen LogP contribution in [-0.2, 0) is 91.9 Å². The Balaban J connectivity index is 0.000000479. The van der Waals surface area contributed by atoms with E-state index in [0.29, 0.717) is 67.5 Å². The van der Waals surface area contributed by atoms with Crippen LogP contribution in [0.25, 0.3) is 0 Å². The summed E-state index contributed by atoms with van der Waals surface area (Å²) in [5.74, 6) is 3.50. The molecule has 4 aromatic carbocycles. The molecule has 0 amide bonds. The quantitative estimate of drug-likeness (QED) is 0.00533. The zero-order chi connectivity index (χ0) is 80.7. The molecule has 0 bridgehead atoms. The minimum absolute atomic E-state index is 0. The number of H-pyrrole nitrogens is 2. The molecule has 0 fully saturated rings. The topological polar surface area (TPSA) is 327 Å². The number of thioether (sulfide) groups is 3. The van der Waals surface area contributed by atoms with Crippen LogP contribution in [0.3, 0.4) is 0 Å². The van der Waals surface area contributed by atoms with E-state index in [9.17, 15) is 35.1 Å². The van der Waals surface area contributed by atoms with Crippen molar-refractivity contribution in [3.8, 4) is 23.0 Å². The van der Waals surface area contributed by atoms with Gasteiger partial charge in [0.25, 0.3) is 6.47 Å². The predicted molar refractivity (Wildman–Crippen MR) is 422 cm³/mol. The van der Waals surface area contributed by atoms with Gasteiger partial charge in [0, 0.05) is 72.4 Å². The minimum Gasteiger partial charge on any atom is -1.00 e. The summed E-state index contributed by atoms with van der Waals surface area (Å²) in [5.41, 5.74) is 7.97. The molecular formula is C65H76Br6ClF8K2N17O10S3+2. The fraction of sp³-hybridized carbons (Fsp3) is 0.431. The number of ether oxygens (including phenoxy) is 4. The number of nitrogens with zero attached hydrogens (tertiary/aromatic N) is 13. The van der Waals surface area contributed by atoms with Gasteiger partial charge in [0.05, 0.1) is 64.0 Å². The van der Waals surface area contributed by atoms with Crippen molar-refractivity contribution < 1.29 is 197 Å². The van der Waals surface area contributed by atoms with E-state index in [2.05, 4.69) is 157 Å². The summed E-state index contributed by atoms with van der Waals surface area (Å²) in [6.07, 6.45) is 2.02. The summed E-state index contributed by atoms with van der Waals surface area (Å²) < 4.78 is 136. The number of hydrogen-bond acceptors (Lipinski definition) is 23. The first-order chi connectivity index (χ1) is 51.2.